The lowest BCUT2D eigenvalue weighted by Gasteiger charge is -2.31. The second-order valence-electron chi connectivity index (χ2n) is 10.6. The molecule has 234 valence electrons. The van der Waals surface area contributed by atoms with Gasteiger partial charge in [-0.05, 0) is 47.9 Å². The Morgan fingerprint density at radius 3 is 2.40 bits per heavy atom. The van der Waals surface area contributed by atoms with Gasteiger partial charge in [-0.3, -0.25) is 19.4 Å². The van der Waals surface area contributed by atoms with E-state index in [0.29, 0.717) is 6.07 Å². The number of aromatic nitrogens is 1. The predicted molar refractivity (Wildman–Crippen MR) is 147 cm³/mol. The number of hydrogen-bond acceptors (Lipinski definition) is 6. The zero-order valence-corrected chi connectivity index (χ0v) is 23.5. The fraction of sp³-hybridized carbons (Fsp3) is 0.267. The van der Waals surface area contributed by atoms with E-state index in [0.717, 1.165) is 29.2 Å². The van der Waals surface area contributed by atoms with Gasteiger partial charge in [0.25, 0.3) is 5.91 Å². The van der Waals surface area contributed by atoms with Crippen molar-refractivity contribution >= 4 is 17.7 Å². The van der Waals surface area contributed by atoms with Crippen LogP contribution in [0.15, 0.2) is 76.2 Å². The van der Waals surface area contributed by atoms with Crippen LogP contribution in [0, 0.1) is 17.5 Å². The van der Waals surface area contributed by atoms with E-state index >= 15 is 0 Å². The summed E-state index contributed by atoms with van der Waals surface area (Å²) in [5.41, 5.74) is 1.93. The van der Waals surface area contributed by atoms with Crippen LogP contribution in [-0.4, -0.2) is 52.4 Å². The molecule has 2 aliphatic rings. The maximum Gasteiger partial charge on any atom is 0.419 e. The number of alkyl halides is 3. The number of amides is 3. The van der Waals surface area contributed by atoms with E-state index in [-0.39, 0.29) is 46.6 Å². The fourth-order valence-electron chi connectivity index (χ4n) is 5.45. The van der Waals surface area contributed by atoms with E-state index in [9.17, 15) is 40.7 Å². The van der Waals surface area contributed by atoms with Crippen molar-refractivity contribution in [2.45, 2.75) is 37.5 Å². The van der Waals surface area contributed by atoms with E-state index < -0.39 is 71.5 Å². The molecule has 1 aromatic heterocycles. The Bertz CT molecular complexity index is 1750. The molecule has 3 amide bonds. The quantitative estimate of drug-likeness (QED) is 0.342. The Kier molecular flexibility index (Phi) is 8.21. The van der Waals surface area contributed by atoms with Crippen LogP contribution in [-0.2, 0) is 16.0 Å². The third kappa shape index (κ3) is 6.14. The zero-order valence-electron chi connectivity index (χ0n) is 23.5. The monoisotopic (exact) mass is 630 g/mol. The molecule has 1 unspecified atom stereocenters. The van der Waals surface area contributed by atoms with Gasteiger partial charge < -0.3 is 16.0 Å². The van der Waals surface area contributed by atoms with Crippen molar-refractivity contribution in [1.29, 1.82) is 0 Å². The van der Waals surface area contributed by atoms with Crippen LogP contribution < -0.4 is 11.1 Å². The maximum atomic E-state index is 14.6. The molecule has 3 N–H and O–H groups in total. The Hall–Kier alpha value is -5.08. The lowest BCUT2D eigenvalue weighted by atomic mass is 9.85. The normalized spacial score (nSPS) is 18.2. The minimum atomic E-state index is -5.08. The highest BCUT2D eigenvalue weighted by atomic mass is 19.4. The first-order valence-corrected chi connectivity index (χ1v) is 13.4. The van der Waals surface area contributed by atoms with Crippen LogP contribution in [0.5, 0.6) is 0 Å². The third-order valence-electron chi connectivity index (χ3n) is 7.62. The van der Waals surface area contributed by atoms with Crippen molar-refractivity contribution in [3.63, 3.8) is 0 Å². The largest absolute Gasteiger partial charge is 0.419 e. The Morgan fingerprint density at radius 1 is 1.04 bits per heavy atom. The Labute approximate surface area is 251 Å². The first-order chi connectivity index (χ1) is 21.2. The van der Waals surface area contributed by atoms with E-state index in [4.69, 9.17) is 5.73 Å². The number of benzene rings is 2. The zero-order chi connectivity index (χ0) is 32.7. The van der Waals surface area contributed by atoms with Crippen LogP contribution in [0.3, 0.4) is 0 Å². The number of hydrogen-bond donors (Lipinski definition) is 2. The molecule has 2 atom stereocenters. The molecule has 2 aliphatic heterocycles. The highest BCUT2D eigenvalue weighted by Crippen LogP contribution is 2.49. The molecule has 0 fully saturated rings. The highest BCUT2D eigenvalue weighted by molar-refractivity contribution is 5.94. The van der Waals surface area contributed by atoms with Crippen molar-refractivity contribution in [2.24, 2.45) is 16.0 Å². The number of pyridine rings is 1. The van der Waals surface area contributed by atoms with E-state index in [1.807, 2.05) is 0 Å². The number of nitrogens with two attached hydrogens (primary N) is 1. The van der Waals surface area contributed by atoms with Crippen LogP contribution in [0.1, 0.15) is 41.0 Å². The van der Waals surface area contributed by atoms with Gasteiger partial charge in [-0.1, -0.05) is 12.1 Å². The molecule has 5 rings (SSSR count). The Balaban J connectivity index is 1.54. The van der Waals surface area contributed by atoms with Gasteiger partial charge in [-0.2, -0.15) is 23.4 Å². The van der Waals surface area contributed by atoms with Gasteiger partial charge >= 0.3 is 6.18 Å². The molecule has 0 saturated carbocycles. The summed E-state index contributed by atoms with van der Waals surface area (Å²) in [7, 11) is 0. The summed E-state index contributed by atoms with van der Waals surface area (Å²) in [5.74, 6) is -5.46. The molecule has 9 nitrogen and oxygen atoms in total. The average Bonchev–Trinajstić information content (AvgIpc) is 3.53. The minimum Gasteiger partial charge on any atom is -0.366 e. The molecule has 0 radical (unpaired) electrons. The topological polar surface area (TPSA) is 130 Å². The second kappa shape index (κ2) is 11.8. The summed E-state index contributed by atoms with van der Waals surface area (Å²) in [6.45, 7) is 0.580. The van der Waals surface area contributed by atoms with Gasteiger partial charge in [0.15, 0.2) is 0 Å². The number of nitrogens with zero attached hydrogens (tertiary/aromatic N) is 4. The second-order valence-corrected chi connectivity index (χ2v) is 10.6. The van der Waals surface area contributed by atoms with Gasteiger partial charge in [0.05, 0.1) is 36.0 Å². The van der Waals surface area contributed by atoms with Gasteiger partial charge in [-0.15, -0.1) is 0 Å². The molecule has 2 aromatic carbocycles. The average molecular weight is 631 g/mol. The summed E-state index contributed by atoms with van der Waals surface area (Å²) in [6.07, 6.45) is -5.34. The van der Waals surface area contributed by atoms with Crippen molar-refractivity contribution in [3.8, 4) is 11.1 Å². The summed E-state index contributed by atoms with van der Waals surface area (Å²) >= 11 is 0. The summed E-state index contributed by atoms with van der Waals surface area (Å²) in [6, 6.07) is 7.73. The van der Waals surface area contributed by atoms with E-state index in [1.54, 1.807) is 0 Å². The first-order valence-electron chi connectivity index (χ1n) is 13.4. The molecular formula is C30H24F6N6O3. The molecule has 0 spiro atoms. The van der Waals surface area contributed by atoms with Crippen molar-refractivity contribution in [1.82, 2.24) is 15.2 Å². The maximum absolute atomic E-state index is 14.6. The standard InChI is InChI=1S/C30H24F6N6O3/c1-15(43)42-13-22-25(14-42)40-41-29(22,30(34,35)36)12-26(44)39-24(9-16-7-18(31)11-19(32)8-16)27-20(3-2-6-38-27)17-4-5-23(33)21(10-17)28(37)45/h2-8,10-11,24H,9,12-14H2,1H3,(H2,37,45)(H,39,44)/t24?,29-/m0/s1. The number of azo groups is 1. The summed E-state index contributed by atoms with van der Waals surface area (Å²) < 4.78 is 86.3. The number of carbonyl (C=O) groups is 3. The molecule has 0 aliphatic carbocycles. The molecule has 0 saturated heterocycles. The summed E-state index contributed by atoms with van der Waals surface area (Å²) in [4.78, 5) is 42.6. The summed E-state index contributed by atoms with van der Waals surface area (Å²) in [5, 5.41) is 9.63. The number of halogens is 6. The van der Waals surface area contributed by atoms with Crippen molar-refractivity contribution in [3.05, 3.63) is 100 Å². The van der Waals surface area contributed by atoms with Crippen LogP contribution >= 0.6 is 0 Å². The first kappa shape index (κ1) is 31.3. The third-order valence-corrected chi connectivity index (χ3v) is 7.62. The lowest BCUT2D eigenvalue weighted by molar-refractivity contribution is -0.179. The molecule has 45 heavy (non-hydrogen) atoms. The smallest absolute Gasteiger partial charge is 0.366 e. The molecular weight excluding hydrogens is 606 g/mol. The number of rotatable bonds is 8. The van der Waals surface area contributed by atoms with Crippen molar-refractivity contribution < 1.29 is 40.7 Å². The number of primary amides is 1. The van der Waals surface area contributed by atoms with Crippen molar-refractivity contribution in [2.75, 3.05) is 13.1 Å². The molecule has 3 heterocycles. The van der Waals surface area contributed by atoms with Crippen LogP contribution in [0.2, 0.25) is 0 Å². The Morgan fingerprint density at radius 2 is 1.76 bits per heavy atom. The number of nitrogens with one attached hydrogen (secondary N) is 1. The minimum absolute atomic E-state index is 0.0372. The van der Waals surface area contributed by atoms with Gasteiger partial charge in [0.1, 0.15) is 17.5 Å². The van der Waals surface area contributed by atoms with E-state index in [1.165, 1.54) is 31.3 Å². The predicted octanol–water partition coefficient (Wildman–Crippen LogP) is 4.94. The highest BCUT2D eigenvalue weighted by Gasteiger charge is 2.63. The molecule has 3 aromatic rings. The lowest BCUT2D eigenvalue weighted by Crippen LogP contribution is -2.49. The van der Waals surface area contributed by atoms with Gasteiger partial charge in [-0.25, -0.2) is 13.2 Å². The SMILES string of the molecule is CC(=O)N1CC2=C(C1)[C@@](CC(=O)NC(Cc1cc(F)cc(F)c1)c1ncccc1-c1ccc(F)c(C(N)=O)c1)(C(F)(F)F)N=N2. The molecule has 15 heteroatoms. The molecule has 0 bridgehead atoms. The van der Waals surface area contributed by atoms with Gasteiger partial charge in [0, 0.05) is 36.9 Å². The van der Waals surface area contributed by atoms with Crippen LogP contribution in [0.25, 0.3) is 11.1 Å². The van der Waals surface area contributed by atoms with Gasteiger partial charge in [0.2, 0.25) is 17.4 Å². The fourth-order valence-corrected chi connectivity index (χ4v) is 5.45. The van der Waals surface area contributed by atoms with Crippen LogP contribution in [0.4, 0.5) is 26.3 Å². The number of carbonyl (C=O) groups excluding carboxylic acids is 3. The van der Waals surface area contributed by atoms with E-state index in [2.05, 4.69) is 20.5 Å².